The predicted octanol–water partition coefficient (Wildman–Crippen LogP) is 3.27. The van der Waals surface area contributed by atoms with Crippen molar-refractivity contribution in [3.8, 4) is 5.75 Å². The van der Waals surface area contributed by atoms with Crippen LogP contribution in [0.1, 0.15) is 61.2 Å². The van der Waals surface area contributed by atoms with Crippen LogP contribution in [0, 0.1) is 5.82 Å². The van der Waals surface area contributed by atoms with Gasteiger partial charge in [-0.25, -0.2) is 9.18 Å². The zero-order chi connectivity index (χ0) is 21.8. The van der Waals surface area contributed by atoms with Crippen molar-refractivity contribution in [1.29, 1.82) is 0 Å². The smallest absolute Gasteiger partial charge is 0.338 e. The number of halogens is 1. The standard InChI is InChI=1S/C22H20FNO6/c1-3-4-9-24-20(26)15-7-5-13(10-16(15)21(24)27)22(28)30-12-18(25)17-11-14(23)6-8-19(17)29-2/h5-8,10-11H,3-4,9,12H2,1-2H3. The summed E-state index contributed by atoms with van der Waals surface area (Å²) in [6, 6.07) is 7.50. The van der Waals surface area contributed by atoms with Crippen molar-refractivity contribution in [3.63, 3.8) is 0 Å². The molecule has 0 N–H and O–H groups in total. The number of imide groups is 1. The summed E-state index contributed by atoms with van der Waals surface area (Å²) in [5.41, 5.74) is 0.342. The van der Waals surface area contributed by atoms with Gasteiger partial charge in [0.15, 0.2) is 6.61 Å². The van der Waals surface area contributed by atoms with Gasteiger partial charge in [-0.3, -0.25) is 19.3 Å². The zero-order valence-corrected chi connectivity index (χ0v) is 16.6. The monoisotopic (exact) mass is 413 g/mol. The van der Waals surface area contributed by atoms with E-state index < -0.39 is 36.0 Å². The Kier molecular flexibility index (Phi) is 6.25. The number of hydrogen-bond acceptors (Lipinski definition) is 6. The number of hydrogen-bond donors (Lipinski definition) is 0. The molecule has 0 radical (unpaired) electrons. The van der Waals surface area contributed by atoms with Gasteiger partial charge >= 0.3 is 5.97 Å². The summed E-state index contributed by atoms with van der Waals surface area (Å²) in [5, 5.41) is 0. The second kappa shape index (κ2) is 8.86. The Morgan fingerprint density at radius 2 is 1.77 bits per heavy atom. The lowest BCUT2D eigenvalue weighted by Crippen LogP contribution is -2.30. The Hall–Kier alpha value is -3.55. The molecule has 0 spiro atoms. The fourth-order valence-electron chi connectivity index (χ4n) is 3.13. The van der Waals surface area contributed by atoms with Gasteiger partial charge in [0, 0.05) is 6.54 Å². The van der Waals surface area contributed by atoms with Crippen LogP contribution in [0.5, 0.6) is 5.75 Å². The van der Waals surface area contributed by atoms with Gasteiger partial charge < -0.3 is 9.47 Å². The second-order valence-electron chi connectivity index (χ2n) is 6.72. The van der Waals surface area contributed by atoms with E-state index >= 15 is 0 Å². The van der Waals surface area contributed by atoms with Crippen molar-refractivity contribution in [1.82, 2.24) is 4.90 Å². The number of benzene rings is 2. The first-order valence-corrected chi connectivity index (χ1v) is 9.41. The largest absolute Gasteiger partial charge is 0.496 e. The third-order valence-corrected chi connectivity index (χ3v) is 4.74. The fraction of sp³-hybridized carbons (Fsp3) is 0.273. The van der Waals surface area contributed by atoms with E-state index in [2.05, 4.69) is 0 Å². The number of esters is 1. The normalized spacial score (nSPS) is 12.7. The number of nitrogens with zero attached hydrogens (tertiary/aromatic N) is 1. The highest BCUT2D eigenvalue weighted by Gasteiger charge is 2.35. The van der Waals surface area contributed by atoms with Gasteiger partial charge in [-0.1, -0.05) is 13.3 Å². The lowest BCUT2D eigenvalue weighted by atomic mass is 10.1. The van der Waals surface area contributed by atoms with Gasteiger partial charge in [-0.05, 0) is 42.8 Å². The van der Waals surface area contributed by atoms with E-state index in [1.54, 1.807) is 0 Å². The molecule has 7 nitrogen and oxygen atoms in total. The minimum atomic E-state index is -0.839. The van der Waals surface area contributed by atoms with Crippen LogP contribution in [0.15, 0.2) is 36.4 Å². The van der Waals surface area contributed by atoms with Crippen molar-refractivity contribution >= 4 is 23.6 Å². The number of fused-ring (bicyclic) bond motifs is 1. The maximum atomic E-state index is 13.4. The summed E-state index contributed by atoms with van der Waals surface area (Å²) in [6.07, 6.45) is 1.52. The van der Waals surface area contributed by atoms with Crippen molar-refractivity contribution in [3.05, 3.63) is 64.5 Å². The summed E-state index contributed by atoms with van der Waals surface area (Å²) >= 11 is 0. The maximum Gasteiger partial charge on any atom is 0.338 e. The third-order valence-electron chi connectivity index (χ3n) is 4.74. The summed E-state index contributed by atoms with van der Waals surface area (Å²) in [7, 11) is 1.34. The van der Waals surface area contributed by atoms with Crippen LogP contribution in [0.3, 0.4) is 0 Å². The highest BCUT2D eigenvalue weighted by atomic mass is 19.1. The molecule has 8 heteroatoms. The lowest BCUT2D eigenvalue weighted by molar-refractivity contribution is 0.0473. The molecule has 2 aromatic rings. The van der Waals surface area contributed by atoms with Gasteiger partial charge in [0.2, 0.25) is 5.78 Å². The number of amides is 2. The van der Waals surface area contributed by atoms with Crippen molar-refractivity contribution in [2.45, 2.75) is 19.8 Å². The van der Waals surface area contributed by atoms with E-state index in [4.69, 9.17) is 9.47 Å². The molecule has 0 saturated heterocycles. The molecule has 0 aliphatic carbocycles. The van der Waals surface area contributed by atoms with Crippen LogP contribution in [0.4, 0.5) is 4.39 Å². The van der Waals surface area contributed by atoms with Crippen LogP contribution in [0.2, 0.25) is 0 Å². The van der Waals surface area contributed by atoms with Crippen LogP contribution in [-0.4, -0.2) is 48.7 Å². The maximum absolute atomic E-state index is 13.4. The molecule has 1 heterocycles. The van der Waals surface area contributed by atoms with E-state index in [-0.39, 0.29) is 28.0 Å². The van der Waals surface area contributed by atoms with E-state index in [0.29, 0.717) is 13.0 Å². The molecule has 0 bridgehead atoms. The molecule has 0 atom stereocenters. The van der Waals surface area contributed by atoms with Gasteiger partial charge in [-0.15, -0.1) is 0 Å². The fourth-order valence-corrected chi connectivity index (χ4v) is 3.13. The first-order chi connectivity index (χ1) is 14.4. The van der Waals surface area contributed by atoms with Gasteiger partial charge in [0.25, 0.3) is 11.8 Å². The lowest BCUT2D eigenvalue weighted by Gasteiger charge is -2.12. The number of carbonyl (C=O) groups is 4. The third kappa shape index (κ3) is 4.07. The van der Waals surface area contributed by atoms with Gasteiger partial charge in [0.1, 0.15) is 11.6 Å². The van der Waals surface area contributed by atoms with Crippen molar-refractivity contribution in [2.24, 2.45) is 0 Å². The number of Topliss-reactive ketones (excluding diaryl/α,β-unsaturated/α-hetero) is 1. The molecule has 0 unspecified atom stereocenters. The highest BCUT2D eigenvalue weighted by molar-refractivity contribution is 6.22. The molecule has 30 heavy (non-hydrogen) atoms. The van der Waals surface area contributed by atoms with E-state index in [1.807, 2.05) is 6.92 Å². The Morgan fingerprint density at radius 1 is 1.03 bits per heavy atom. The SMILES string of the molecule is CCCCN1C(=O)c2ccc(C(=O)OCC(=O)c3cc(F)ccc3OC)cc2C1=O. The highest BCUT2D eigenvalue weighted by Crippen LogP contribution is 2.25. The molecule has 0 saturated carbocycles. The number of carbonyl (C=O) groups excluding carboxylic acids is 4. The molecule has 3 rings (SSSR count). The van der Waals surface area contributed by atoms with Crippen molar-refractivity contribution in [2.75, 3.05) is 20.3 Å². The molecular formula is C22H20FNO6. The molecule has 2 aromatic carbocycles. The summed E-state index contributed by atoms with van der Waals surface area (Å²) in [5.74, 6) is -2.80. The second-order valence-corrected chi connectivity index (χ2v) is 6.72. The Bertz CT molecular complexity index is 1030. The Balaban J connectivity index is 1.72. The minimum Gasteiger partial charge on any atom is -0.496 e. The quantitative estimate of drug-likeness (QED) is 0.375. The molecular weight excluding hydrogens is 393 g/mol. The Labute approximate surface area is 172 Å². The minimum absolute atomic E-state index is 0.0336. The number of methoxy groups -OCH3 is 1. The molecule has 0 fully saturated rings. The number of ether oxygens (including phenoxy) is 2. The van der Waals surface area contributed by atoms with Crippen LogP contribution < -0.4 is 4.74 Å². The molecule has 1 aliphatic rings. The Morgan fingerprint density at radius 3 is 2.47 bits per heavy atom. The first kappa shape index (κ1) is 21.2. The van der Waals surface area contributed by atoms with Gasteiger partial charge in [0.05, 0.1) is 29.4 Å². The summed E-state index contributed by atoms with van der Waals surface area (Å²) in [6.45, 7) is 1.63. The van der Waals surface area contributed by atoms with Crippen LogP contribution >= 0.6 is 0 Å². The van der Waals surface area contributed by atoms with E-state index in [1.165, 1.54) is 31.4 Å². The topological polar surface area (TPSA) is 90.0 Å². The number of ketones is 1. The van der Waals surface area contributed by atoms with Crippen LogP contribution in [0.25, 0.3) is 0 Å². The summed E-state index contributed by atoms with van der Waals surface area (Å²) < 4.78 is 23.5. The zero-order valence-electron chi connectivity index (χ0n) is 16.6. The number of unbranched alkanes of at least 4 members (excludes halogenated alkanes) is 1. The average Bonchev–Trinajstić information content (AvgIpc) is 2.99. The molecule has 0 aromatic heterocycles. The van der Waals surface area contributed by atoms with E-state index in [0.717, 1.165) is 23.5 Å². The van der Waals surface area contributed by atoms with Crippen molar-refractivity contribution < 1.29 is 33.0 Å². The summed E-state index contributed by atoms with van der Waals surface area (Å²) in [4.78, 5) is 50.7. The predicted molar refractivity (Wildman–Crippen MR) is 104 cm³/mol. The molecule has 2 amide bonds. The number of rotatable bonds is 8. The average molecular weight is 413 g/mol. The first-order valence-electron chi connectivity index (χ1n) is 9.41. The van der Waals surface area contributed by atoms with Crippen LogP contribution in [-0.2, 0) is 4.74 Å². The molecule has 1 aliphatic heterocycles. The molecule has 156 valence electrons. The van der Waals surface area contributed by atoms with Gasteiger partial charge in [-0.2, -0.15) is 0 Å². The van der Waals surface area contributed by atoms with E-state index in [9.17, 15) is 23.6 Å².